The van der Waals surface area contributed by atoms with Gasteiger partial charge in [0.05, 0.1) is 16.3 Å². The van der Waals surface area contributed by atoms with Gasteiger partial charge < -0.3 is 11.5 Å². The van der Waals surface area contributed by atoms with Crippen molar-refractivity contribution < 1.29 is 4.39 Å². The van der Waals surface area contributed by atoms with Crippen molar-refractivity contribution in [1.29, 1.82) is 0 Å². The van der Waals surface area contributed by atoms with Gasteiger partial charge in [-0.15, -0.1) is 16.4 Å². The van der Waals surface area contributed by atoms with Gasteiger partial charge in [0.1, 0.15) is 10.8 Å². The van der Waals surface area contributed by atoms with Gasteiger partial charge in [-0.25, -0.2) is 9.37 Å². The molecule has 26 heavy (non-hydrogen) atoms. The molecule has 1 aromatic heterocycles. The Bertz CT molecular complexity index is 968. The van der Waals surface area contributed by atoms with Crippen molar-refractivity contribution in [3.8, 4) is 21.7 Å². The average Bonchev–Trinajstić information content (AvgIpc) is 3.02. The minimum Gasteiger partial charge on any atom is -0.369 e. The molecule has 0 amide bonds. The first-order chi connectivity index (χ1) is 12.4. The van der Waals surface area contributed by atoms with E-state index in [1.807, 2.05) is 38.1 Å². The largest absolute Gasteiger partial charge is 0.369 e. The van der Waals surface area contributed by atoms with Gasteiger partial charge in [0, 0.05) is 5.56 Å². The van der Waals surface area contributed by atoms with Crippen LogP contribution in [0.3, 0.4) is 0 Å². The summed E-state index contributed by atoms with van der Waals surface area (Å²) in [4.78, 5) is 5.56. The molecule has 0 spiro atoms. The van der Waals surface area contributed by atoms with Crippen LogP contribution in [0.5, 0.6) is 0 Å². The fourth-order valence-corrected chi connectivity index (χ4v) is 3.49. The molecular formula is C19H18FN5S. The van der Waals surface area contributed by atoms with Crippen LogP contribution < -0.4 is 11.5 Å². The zero-order valence-corrected chi connectivity index (χ0v) is 15.2. The lowest BCUT2D eigenvalue weighted by Crippen LogP contribution is -2.22. The van der Waals surface area contributed by atoms with Crippen molar-refractivity contribution in [3.63, 3.8) is 0 Å². The second kappa shape index (κ2) is 7.45. The van der Waals surface area contributed by atoms with E-state index in [1.165, 1.54) is 23.5 Å². The van der Waals surface area contributed by atoms with Gasteiger partial charge in [0.2, 0.25) is 5.96 Å². The summed E-state index contributed by atoms with van der Waals surface area (Å²) in [6.07, 6.45) is 0. The summed E-state index contributed by atoms with van der Waals surface area (Å²) in [5.41, 5.74) is 15.2. The Hall–Kier alpha value is -3.06. The van der Waals surface area contributed by atoms with Crippen molar-refractivity contribution in [2.45, 2.75) is 13.8 Å². The summed E-state index contributed by atoms with van der Waals surface area (Å²) in [6, 6.07) is 14.4. The number of aromatic nitrogens is 1. The predicted octanol–water partition coefficient (Wildman–Crippen LogP) is 3.92. The summed E-state index contributed by atoms with van der Waals surface area (Å²) in [6.45, 7) is 3.77. The maximum absolute atomic E-state index is 13.1. The fourth-order valence-electron chi connectivity index (χ4n) is 2.48. The first-order valence-corrected chi connectivity index (χ1v) is 8.73. The van der Waals surface area contributed by atoms with Crippen molar-refractivity contribution in [2.75, 3.05) is 0 Å². The third-order valence-electron chi connectivity index (χ3n) is 3.75. The highest BCUT2D eigenvalue weighted by atomic mass is 32.1. The molecule has 0 bridgehead atoms. The van der Waals surface area contributed by atoms with E-state index in [1.54, 1.807) is 12.1 Å². The van der Waals surface area contributed by atoms with E-state index in [4.69, 9.17) is 11.5 Å². The second-order valence-corrected chi connectivity index (χ2v) is 6.73. The molecule has 1 heterocycles. The standard InChI is InChI=1S/C19H18FN5S/c1-11-17(12(2)24-25-19(21)22)26-18(23-11)15-5-3-13(4-6-15)14-7-9-16(20)10-8-14/h3-10H,1-2H3,(H4,21,22,25). The molecule has 5 nitrogen and oxygen atoms in total. The Morgan fingerprint density at radius 3 is 2.04 bits per heavy atom. The van der Waals surface area contributed by atoms with Crippen LogP contribution in [0.15, 0.2) is 58.7 Å². The molecule has 0 radical (unpaired) electrons. The third-order valence-corrected chi connectivity index (χ3v) is 5.07. The van der Waals surface area contributed by atoms with Crippen LogP contribution in [0.1, 0.15) is 17.5 Å². The quantitative estimate of drug-likeness (QED) is 0.416. The first kappa shape index (κ1) is 17.8. The van der Waals surface area contributed by atoms with E-state index < -0.39 is 0 Å². The molecule has 3 rings (SSSR count). The zero-order chi connectivity index (χ0) is 18.7. The number of benzene rings is 2. The van der Waals surface area contributed by atoms with E-state index in [0.717, 1.165) is 32.3 Å². The number of hydrogen-bond acceptors (Lipinski definition) is 4. The minimum absolute atomic E-state index is 0.0804. The number of hydrogen-bond donors (Lipinski definition) is 2. The van der Waals surface area contributed by atoms with Gasteiger partial charge in [0.25, 0.3) is 0 Å². The second-order valence-electron chi connectivity index (χ2n) is 5.73. The number of aryl methyl sites for hydroxylation is 1. The van der Waals surface area contributed by atoms with Crippen molar-refractivity contribution in [3.05, 3.63) is 64.9 Å². The molecule has 132 valence electrons. The molecule has 0 aliphatic rings. The predicted molar refractivity (Wildman–Crippen MR) is 106 cm³/mol. The molecule has 0 atom stereocenters. The minimum atomic E-state index is -0.242. The highest BCUT2D eigenvalue weighted by Crippen LogP contribution is 2.30. The Balaban J connectivity index is 1.88. The van der Waals surface area contributed by atoms with Crippen LogP contribution in [0.25, 0.3) is 21.7 Å². The number of rotatable bonds is 4. The molecule has 0 saturated heterocycles. The lowest BCUT2D eigenvalue weighted by atomic mass is 10.0. The average molecular weight is 367 g/mol. The number of thiazole rings is 1. The van der Waals surface area contributed by atoms with Gasteiger partial charge in [-0.2, -0.15) is 5.10 Å². The fraction of sp³-hybridized carbons (Fsp3) is 0.105. The number of nitrogens with two attached hydrogens (primary N) is 2. The van der Waals surface area contributed by atoms with E-state index in [2.05, 4.69) is 15.2 Å². The molecule has 4 N–H and O–H groups in total. The van der Waals surface area contributed by atoms with Gasteiger partial charge in [-0.05, 0) is 37.1 Å². The molecule has 0 aliphatic carbocycles. The Morgan fingerprint density at radius 1 is 0.923 bits per heavy atom. The monoisotopic (exact) mass is 367 g/mol. The van der Waals surface area contributed by atoms with E-state index >= 15 is 0 Å². The third kappa shape index (κ3) is 3.94. The summed E-state index contributed by atoms with van der Waals surface area (Å²) in [5, 5.41) is 8.60. The Kier molecular flexibility index (Phi) is 5.09. The molecule has 0 aliphatic heterocycles. The maximum atomic E-state index is 13.1. The smallest absolute Gasteiger partial charge is 0.211 e. The van der Waals surface area contributed by atoms with Crippen molar-refractivity contribution in [1.82, 2.24) is 4.98 Å². The summed E-state index contributed by atoms with van der Waals surface area (Å²) < 4.78 is 13.1. The molecule has 3 aromatic rings. The summed E-state index contributed by atoms with van der Waals surface area (Å²) in [7, 11) is 0. The topological polar surface area (TPSA) is 89.6 Å². The molecule has 0 saturated carbocycles. The van der Waals surface area contributed by atoms with Gasteiger partial charge in [0.15, 0.2) is 0 Å². The number of nitrogens with zero attached hydrogens (tertiary/aromatic N) is 3. The SMILES string of the molecule is CC(=NN=C(N)N)c1sc(-c2ccc(-c3ccc(F)cc3)cc2)nc1C. The van der Waals surface area contributed by atoms with Gasteiger partial charge in [-0.3, -0.25) is 0 Å². The highest BCUT2D eigenvalue weighted by Gasteiger charge is 2.12. The lowest BCUT2D eigenvalue weighted by molar-refractivity contribution is 0.628. The first-order valence-electron chi connectivity index (χ1n) is 7.91. The van der Waals surface area contributed by atoms with Gasteiger partial charge >= 0.3 is 0 Å². The summed E-state index contributed by atoms with van der Waals surface area (Å²) in [5.74, 6) is -0.322. The molecule has 2 aromatic carbocycles. The molecule has 0 fully saturated rings. The van der Waals surface area contributed by atoms with E-state index in [9.17, 15) is 4.39 Å². The lowest BCUT2D eigenvalue weighted by Gasteiger charge is -2.03. The zero-order valence-electron chi connectivity index (χ0n) is 14.4. The van der Waals surface area contributed by atoms with E-state index in [-0.39, 0.29) is 11.8 Å². The van der Waals surface area contributed by atoms with Crippen LogP contribution in [0.4, 0.5) is 4.39 Å². The van der Waals surface area contributed by atoms with Crippen LogP contribution in [0, 0.1) is 12.7 Å². The Labute approximate surface area is 154 Å². The Morgan fingerprint density at radius 2 is 1.46 bits per heavy atom. The normalized spacial score (nSPS) is 11.4. The van der Waals surface area contributed by atoms with Crippen molar-refractivity contribution in [2.24, 2.45) is 21.7 Å². The van der Waals surface area contributed by atoms with Crippen LogP contribution in [0.2, 0.25) is 0 Å². The highest BCUT2D eigenvalue weighted by molar-refractivity contribution is 7.17. The van der Waals surface area contributed by atoms with Crippen LogP contribution in [-0.2, 0) is 0 Å². The van der Waals surface area contributed by atoms with Crippen molar-refractivity contribution >= 4 is 23.0 Å². The molecule has 7 heteroatoms. The van der Waals surface area contributed by atoms with Gasteiger partial charge in [-0.1, -0.05) is 36.4 Å². The summed E-state index contributed by atoms with van der Waals surface area (Å²) >= 11 is 1.53. The maximum Gasteiger partial charge on any atom is 0.211 e. The van der Waals surface area contributed by atoms with Crippen LogP contribution in [-0.4, -0.2) is 16.7 Å². The number of guanidine groups is 1. The van der Waals surface area contributed by atoms with E-state index in [0.29, 0.717) is 5.71 Å². The molecule has 0 unspecified atom stereocenters. The number of halogens is 1. The van der Waals surface area contributed by atoms with Crippen LogP contribution >= 0.6 is 11.3 Å². The molecular weight excluding hydrogens is 349 g/mol.